The second kappa shape index (κ2) is 3.41. The first-order chi connectivity index (χ1) is 5.65. The van der Waals surface area contributed by atoms with Crippen LogP contribution in [0, 0.1) is 11.3 Å². The van der Waals surface area contributed by atoms with Gasteiger partial charge in [0.15, 0.2) is 10.8 Å². The number of hydrogen-bond donors (Lipinski definition) is 0. The molecule has 0 atom stereocenters. The summed E-state index contributed by atoms with van der Waals surface area (Å²) in [6.45, 7) is 0. The van der Waals surface area contributed by atoms with Crippen molar-refractivity contribution in [1.29, 1.82) is 5.26 Å². The summed E-state index contributed by atoms with van der Waals surface area (Å²) in [6, 6.07) is 1.58. The fourth-order valence-corrected chi connectivity index (χ4v) is 0.755. The van der Waals surface area contributed by atoms with Gasteiger partial charge in [-0.15, -0.1) is 0 Å². The normalized spacial score (nSPS) is 9.92. The number of halogens is 3. The van der Waals surface area contributed by atoms with Crippen molar-refractivity contribution >= 4 is 11.6 Å². The molecule has 1 aromatic rings. The molecule has 0 aliphatic heterocycles. The van der Waals surface area contributed by atoms with E-state index in [0.717, 1.165) is 6.20 Å². The number of alkyl halides is 2. The molecule has 62 valence electrons. The Bertz CT molecular complexity index is 334. The van der Waals surface area contributed by atoms with Gasteiger partial charge in [-0.1, -0.05) is 11.6 Å². The van der Waals surface area contributed by atoms with Gasteiger partial charge in [0.25, 0.3) is 6.43 Å². The van der Waals surface area contributed by atoms with Crippen molar-refractivity contribution in [2.45, 2.75) is 6.43 Å². The molecule has 12 heavy (non-hydrogen) atoms. The van der Waals surface area contributed by atoms with E-state index >= 15 is 0 Å². The molecule has 3 nitrogen and oxygen atoms in total. The molecule has 1 aromatic heterocycles. The summed E-state index contributed by atoms with van der Waals surface area (Å²) in [5, 5.41) is 7.92. The topological polar surface area (TPSA) is 49.6 Å². The van der Waals surface area contributed by atoms with Crippen LogP contribution in [0.25, 0.3) is 0 Å². The van der Waals surface area contributed by atoms with Crippen LogP contribution in [0.1, 0.15) is 17.8 Å². The average Bonchev–Trinajstić information content (AvgIpc) is 2.05. The van der Waals surface area contributed by atoms with Crippen LogP contribution < -0.4 is 0 Å². The van der Waals surface area contributed by atoms with Crippen molar-refractivity contribution < 1.29 is 8.78 Å². The van der Waals surface area contributed by atoms with Crippen LogP contribution in [0.5, 0.6) is 0 Å². The van der Waals surface area contributed by atoms with E-state index < -0.39 is 12.1 Å². The van der Waals surface area contributed by atoms with Crippen LogP contribution in [0.4, 0.5) is 8.78 Å². The quantitative estimate of drug-likeness (QED) is 0.678. The molecule has 0 amide bonds. The number of hydrogen-bond acceptors (Lipinski definition) is 3. The second-order valence-electron chi connectivity index (χ2n) is 1.84. The molecule has 0 fully saturated rings. The maximum Gasteiger partial charge on any atom is 0.283 e. The molecule has 0 bridgehead atoms. The van der Waals surface area contributed by atoms with Gasteiger partial charge >= 0.3 is 0 Å². The maximum atomic E-state index is 12.0. The van der Waals surface area contributed by atoms with E-state index in [0.29, 0.717) is 0 Å². The fraction of sp³-hybridized carbons (Fsp3) is 0.167. The van der Waals surface area contributed by atoms with Crippen molar-refractivity contribution in [2.75, 3.05) is 0 Å². The largest absolute Gasteiger partial charge is 0.283 e. The fourth-order valence-electron chi connectivity index (χ4n) is 0.581. The predicted molar refractivity (Wildman–Crippen MR) is 36.7 cm³/mol. The molecule has 0 aliphatic carbocycles. The van der Waals surface area contributed by atoms with Crippen molar-refractivity contribution in [3.63, 3.8) is 0 Å². The summed E-state index contributed by atoms with van der Waals surface area (Å²) in [7, 11) is 0. The van der Waals surface area contributed by atoms with E-state index in [9.17, 15) is 8.78 Å². The lowest BCUT2D eigenvalue weighted by atomic mass is 10.4. The smallest absolute Gasteiger partial charge is 0.239 e. The van der Waals surface area contributed by atoms with Gasteiger partial charge in [-0.05, 0) is 0 Å². The van der Waals surface area contributed by atoms with Crippen molar-refractivity contribution in [2.24, 2.45) is 0 Å². The molecular weight excluding hydrogens is 188 g/mol. The summed E-state index contributed by atoms with van der Waals surface area (Å²) >= 11 is 5.29. The number of rotatable bonds is 1. The molecular formula is C6H2ClF2N3. The molecule has 0 spiro atoms. The van der Waals surface area contributed by atoms with Crippen molar-refractivity contribution in [3.05, 3.63) is 22.7 Å². The van der Waals surface area contributed by atoms with Crippen LogP contribution >= 0.6 is 11.6 Å². The molecule has 0 radical (unpaired) electrons. The number of nitrogens with zero attached hydrogens (tertiary/aromatic N) is 3. The van der Waals surface area contributed by atoms with Gasteiger partial charge in [0.05, 0.1) is 6.20 Å². The van der Waals surface area contributed by atoms with Crippen molar-refractivity contribution in [1.82, 2.24) is 9.97 Å². The third-order valence-electron chi connectivity index (χ3n) is 1.07. The third-order valence-corrected chi connectivity index (χ3v) is 1.36. The summed E-state index contributed by atoms with van der Waals surface area (Å²) in [6.07, 6.45) is -1.77. The molecule has 0 N–H and O–H groups in total. The molecule has 0 saturated carbocycles. The molecule has 0 saturated heterocycles. The number of aromatic nitrogens is 2. The molecule has 0 aliphatic rings. The highest BCUT2D eigenvalue weighted by atomic mass is 35.5. The molecule has 1 rings (SSSR count). The van der Waals surface area contributed by atoms with E-state index in [1.54, 1.807) is 6.07 Å². The Kier molecular flexibility index (Phi) is 2.51. The second-order valence-corrected chi connectivity index (χ2v) is 2.20. The van der Waals surface area contributed by atoms with Crippen molar-refractivity contribution in [3.8, 4) is 6.07 Å². The van der Waals surface area contributed by atoms with Gasteiger partial charge in [0.1, 0.15) is 11.8 Å². The first-order valence-corrected chi connectivity index (χ1v) is 3.23. The Labute approximate surface area is 71.6 Å². The van der Waals surface area contributed by atoms with Gasteiger partial charge in [-0.2, -0.15) is 5.26 Å². The molecule has 1 heterocycles. The number of nitriles is 1. The Morgan fingerprint density at radius 1 is 1.58 bits per heavy atom. The SMILES string of the molecule is N#Cc1cnc(Cl)c(C(F)F)n1. The minimum Gasteiger partial charge on any atom is -0.239 e. The van der Waals surface area contributed by atoms with Crippen LogP contribution in [0.2, 0.25) is 5.15 Å². The highest BCUT2D eigenvalue weighted by molar-refractivity contribution is 6.30. The van der Waals surface area contributed by atoms with Crippen LogP contribution in [0.15, 0.2) is 6.20 Å². The Morgan fingerprint density at radius 2 is 2.25 bits per heavy atom. The third kappa shape index (κ3) is 1.66. The summed E-state index contributed by atoms with van der Waals surface area (Å²) < 4.78 is 24.1. The molecule has 6 heteroatoms. The van der Waals surface area contributed by atoms with Gasteiger partial charge in [0.2, 0.25) is 0 Å². The highest BCUT2D eigenvalue weighted by Gasteiger charge is 2.15. The Balaban J connectivity index is 3.19. The van der Waals surface area contributed by atoms with E-state index in [-0.39, 0.29) is 10.8 Å². The monoisotopic (exact) mass is 189 g/mol. The first-order valence-electron chi connectivity index (χ1n) is 2.86. The van der Waals surface area contributed by atoms with Gasteiger partial charge in [-0.25, -0.2) is 18.7 Å². The summed E-state index contributed by atoms with van der Waals surface area (Å²) in [5.41, 5.74) is -0.828. The lowest BCUT2D eigenvalue weighted by Crippen LogP contribution is -1.96. The zero-order valence-electron chi connectivity index (χ0n) is 5.63. The summed E-state index contributed by atoms with van der Waals surface area (Å²) in [4.78, 5) is 6.66. The predicted octanol–water partition coefficient (Wildman–Crippen LogP) is 1.94. The van der Waals surface area contributed by atoms with E-state index in [1.807, 2.05) is 0 Å². The lowest BCUT2D eigenvalue weighted by molar-refractivity contribution is 0.145. The van der Waals surface area contributed by atoms with E-state index in [1.165, 1.54) is 0 Å². The maximum absolute atomic E-state index is 12.0. The van der Waals surface area contributed by atoms with Gasteiger partial charge in [0, 0.05) is 0 Å². The first kappa shape index (κ1) is 8.81. The highest BCUT2D eigenvalue weighted by Crippen LogP contribution is 2.22. The lowest BCUT2D eigenvalue weighted by Gasteiger charge is -1.99. The Hall–Kier alpha value is -1.28. The average molecular weight is 190 g/mol. The molecule has 0 aromatic carbocycles. The van der Waals surface area contributed by atoms with Gasteiger partial charge in [-0.3, -0.25) is 0 Å². The zero-order valence-corrected chi connectivity index (χ0v) is 6.39. The van der Waals surface area contributed by atoms with Crippen LogP contribution in [-0.2, 0) is 0 Å². The minimum absolute atomic E-state index is 0.172. The van der Waals surface area contributed by atoms with Crippen LogP contribution in [0.3, 0.4) is 0 Å². The van der Waals surface area contributed by atoms with E-state index in [4.69, 9.17) is 16.9 Å². The van der Waals surface area contributed by atoms with Gasteiger partial charge < -0.3 is 0 Å². The minimum atomic E-state index is -2.81. The standard InChI is InChI=1S/C6H2ClF2N3/c7-5-4(6(8)9)12-3(1-10)2-11-5/h2,6H. The Morgan fingerprint density at radius 3 is 2.75 bits per heavy atom. The summed E-state index contributed by atoms with van der Waals surface area (Å²) in [5.74, 6) is 0. The molecule has 0 unspecified atom stereocenters. The van der Waals surface area contributed by atoms with Crippen LogP contribution in [-0.4, -0.2) is 9.97 Å². The van der Waals surface area contributed by atoms with E-state index in [2.05, 4.69) is 9.97 Å². The zero-order chi connectivity index (χ0) is 9.14.